The van der Waals surface area contributed by atoms with Gasteiger partial charge in [-0.15, -0.1) is 0 Å². The van der Waals surface area contributed by atoms with E-state index in [-0.39, 0.29) is 29.4 Å². The van der Waals surface area contributed by atoms with E-state index in [1.54, 1.807) is 36.5 Å². The quantitative estimate of drug-likeness (QED) is 0.250. The van der Waals surface area contributed by atoms with Crippen molar-refractivity contribution in [1.29, 1.82) is 0 Å². The predicted molar refractivity (Wildman–Crippen MR) is 139 cm³/mol. The third-order valence-electron chi connectivity index (χ3n) is 6.60. The van der Waals surface area contributed by atoms with Gasteiger partial charge in [0.1, 0.15) is 23.4 Å². The van der Waals surface area contributed by atoms with Crippen LogP contribution in [-0.2, 0) is 17.6 Å². The van der Waals surface area contributed by atoms with Crippen molar-refractivity contribution in [2.45, 2.75) is 25.3 Å². The molecule has 0 saturated heterocycles. The highest BCUT2D eigenvalue weighted by Gasteiger charge is 2.24. The molecule has 7 nitrogen and oxygen atoms in total. The molecule has 1 heterocycles. The summed E-state index contributed by atoms with van der Waals surface area (Å²) in [6, 6.07) is 14.4. The number of aromatic amines is 1. The Labute approximate surface area is 212 Å². The van der Waals surface area contributed by atoms with Crippen LogP contribution in [0.1, 0.15) is 33.5 Å². The summed E-state index contributed by atoms with van der Waals surface area (Å²) in [4.78, 5) is 29.3. The van der Waals surface area contributed by atoms with Crippen molar-refractivity contribution >= 4 is 28.3 Å². The molecule has 0 radical (unpaired) electrons. The Hall–Kier alpha value is -4.59. The Morgan fingerprint density at radius 1 is 1.00 bits per heavy atom. The van der Waals surface area contributed by atoms with Crippen LogP contribution in [0.2, 0.25) is 0 Å². The van der Waals surface area contributed by atoms with E-state index in [9.17, 15) is 24.2 Å². The summed E-state index contributed by atoms with van der Waals surface area (Å²) in [5.74, 6) is -1.02. The first-order valence-corrected chi connectivity index (χ1v) is 12.0. The molecule has 1 unspecified atom stereocenters. The highest BCUT2D eigenvalue weighted by atomic mass is 18.2. The van der Waals surface area contributed by atoms with Crippen molar-refractivity contribution in [2.75, 3.05) is 6.54 Å². The number of halogens is 1. The number of amides is 2. The number of hydrogen-bond donors (Lipinski definition) is 5. The third-order valence-corrected chi connectivity index (χ3v) is 6.60. The van der Waals surface area contributed by atoms with Crippen LogP contribution < -0.4 is 10.6 Å². The Bertz CT molecular complexity index is 1510. The molecule has 1 aliphatic carbocycles. The fourth-order valence-electron chi connectivity index (χ4n) is 4.67. The van der Waals surface area contributed by atoms with Gasteiger partial charge in [-0.05, 0) is 89.7 Å². The molecule has 5 rings (SSSR count). The van der Waals surface area contributed by atoms with E-state index in [0.717, 1.165) is 39.6 Å². The molecular formula is C29H26FN3O4. The minimum absolute atomic E-state index is 0.0980. The predicted octanol–water partition coefficient (Wildman–Crippen LogP) is 4.21. The number of phenolic OH excluding ortho intramolecular Hbond substituents is 2. The molecule has 1 atom stereocenters. The summed E-state index contributed by atoms with van der Waals surface area (Å²) in [6.07, 6.45) is 5.37. The number of rotatable bonds is 8. The van der Waals surface area contributed by atoms with Crippen molar-refractivity contribution in [2.24, 2.45) is 0 Å². The Kier molecular flexibility index (Phi) is 6.64. The highest BCUT2D eigenvalue weighted by molar-refractivity contribution is 5.98. The zero-order valence-corrected chi connectivity index (χ0v) is 19.9. The van der Waals surface area contributed by atoms with E-state index in [1.165, 1.54) is 24.3 Å². The van der Waals surface area contributed by atoms with E-state index >= 15 is 0 Å². The number of fused-ring (bicyclic) bond motifs is 2. The lowest BCUT2D eigenvalue weighted by atomic mass is 10.0. The van der Waals surface area contributed by atoms with Gasteiger partial charge in [0, 0.05) is 35.6 Å². The monoisotopic (exact) mass is 498 g/mol. The summed E-state index contributed by atoms with van der Waals surface area (Å²) >= 11 is 0. The van der Waals surface area contributed by atoms with Gasteiger partial charge < -0.3 is 25.8 Å². The van der Waals surface area contributed by atoms with Crippen LogP contribution in [0.15, 0.2) is 72.9 Å². The fourth-order valence-corrected chi connectivity index (χ4v) is 4.67. The molecule has 5 N–H and O–H groups in total. The first-order chi connectivity index (χ1) is 17.9. The van der Waals surface area contributed by atoms with Crippen LogP contribution in [0.25, 0.3) is 16.5 Å². The molecule has 188 valence electrons. The number of H-pyrrole nitrogens is 1. The van der Waals surface area contributed by atoms with Gasteiger partial charge in [-0.3, -0.25) is 9.59 Å². The number of carbonyl (C=O) groups is 2. The van der Waals surface area contributed by atoms with Crippen LogP contribution in [0, 0.1) is 5.82 Å². The van der Waals surface area contributed by atoms with Gasteiger partial charge in [-0.2, -0.15) is 0 Å². The lowest BCUT2D eigenvalue weighted by Crippen LogP contribution is -2.48. The zero-order valence-electron chi connectivity index (χ0n) is 19.9. The number of hydrogen-bond acceptors (Lipinski definition) is 4. The Balaban J connectivity index is 1.31. The molecule has 1 aromatic heterocycles. The van der Waals surface area contributed by atoms with Gasteiger partial charge in [0.2, 0.25) is 5.91 Å². The SMILES string of the molecule is O=C(NC(Cc1c[nH]c2ccc(O)cc12)C(=O)NCCC1=CCc2ccc(O)cc21)c1ccc([18F])cc1. The molecule has 0 bridgehead atoms. The maximum Gasteiger partial charge on any atom is 0.251 e. The number of carbonyl (C=O) groups excluding carboxylic acids is 2. The van der Waals surface area contributed by atoms with Crippen molar-refractivity contribution in [3.8, 4) is 11.5 Å². The van der Waals surface area contributed by atoms with Crippen LogP contribution in [-0.4, -0.2) is 39.6 Å². The number of nitrogens with one attached hydrogen (secondary N) is 3. The number of allylic oxidation sites excluding steroid dienone is 1. The van der Waals surface area contributed by atoms with Crippen LogP contribution in [0.4, 0.5) is 4.39 Å². The molecule has 37 heavy (non-hydrogen) atoms. The van der Waals surface area contributed by atoms with Crippen LogP contribution in [0.5, 0.6) is 11.5 Å². The Morgan fingerprint density at radius 2 is 1.76 bits per heavy atom. The highest BCUT2D eigenvalue weighted by Crippen LogP contribution is 2.32. The molecule has 0 saturated carbocycles. The smallest absolute Gasteiger partial charge is 0.251 e. The van der Waals surface area contributed by atoms with Crippen molar-refractivity contribution < 1.29 is 24.2 Å². The average molecular weight is 499 g/mol. The van der Waals surface area contributed by atoms with Gasteiger partial charge in [0.15, 0.2) is 0 Å². The number of aromatic nitrogens is 1. The summed E-state index contributed by atoms with van der Waals surface area (Å²) in [6.45, 7) is 0.345. The molecule has 0 fully saturated rings. The van der Waals surface area contributed by atoms with Gasteiger partial charge in [0.05, 0.1) is 0 Å². The first-order valence-electron chi connectivity index (χ1n) is 12.0. The van der Waals surface area contributed by atoms with Crippen molar-refractivity contribution in [1.82, 2.24) is 15.6 Å². The van der Waals surface area contributed by atoms with E-state index in [2.05, 4.69) is 21.7 Å². The molecule has 2 amide bonds. The fraction of sp³-hybridized carbons (Fsp3) is 0.172. The Morgan fingerprint density at radius 3 is 2.57 bits per heavy atom. The van der Waals surface area contributed by atoms with Crippen molar-refractivity contribution in [3.05, 3.63) is 101 Å². The summed E-state index contributed by atoms with van der Waals surface area (Å²) < 4.78 is 13.3. The van der Waals surface area contributed by atoms with Crippen molar-refractivity contribution in [3.63, 3.8) is 0 Å². The minimum Gasteiger partial charge on any atom is -0.508 e. The number of phenols is 2. The maximum absolute atomic E-state index is 13.3. The topological polar surface area (TPSA) is 114 Å². The molecule has 0 spiro atoms. The van der Waals surface area contributed by atoms with Gasteiger partial charge in [-0.25, -0.2) is 4.39 Å². The van der Waals surface area contributed by atoms with Gasteiger partial charge >= 0.3 is 0 Å². The van der Waals surface area contributed by atoms with E-state index in [4.69, 9.17) is 0 Å². The minimum atomic E-state index is -0.909. The lowest BCUT2D eigenvalue weighted by Gasteiger charge is -2.19. The second-order valence-electron chi connectivity index (χ2n) is 9.10. The largest absolute Gasteiger partial charge is 0.508 e. The lowest BCUT2D eigenvalue weighted by molar-refractivity contribution is -0.122. The van der Waals surface area contributed by atoms with Crippen LogP contribution in [0.3, 0.4) is 0 Å². The molecule has 8 heteroatoms. The van der Waals surface area contributed by atoms with E-state index in [0.29, 0.717) is 13.0 Å². The summed E-state index contributed by atoms with van der Waals surface area (Å²) in [7, 11) is 0. The first kappa shape index (κ1) is 24.1. The molecule has 4 aromatic rings. The maximum atomic E-state index is 13.3. The average Bonchev–Trinajstić information content (AvgIpc) is 3.47. The summed E-state index contributed by atoms with van der Waals surface area (Å²) in [5, 5.41) is 26.2. The standard InChI is InChI=1S/C29H26FN3O4/c30-21-6-3-19(4-7-21)28(36)33-27(13-20-16-32-26-10-9-23(35)15-25(20)26)29(37)31-12-11-18-2-1-17-5-8-22(34)14-24(17)18/h2-10,14-16,27,32,34-35H,1,11-13H2,(H,31,37)(H,33,36)/i30-1. The van der Waals surface area contributed by atoms with Crippen LogP contribution >= 0.6 is 0 Å². The molecule has 0 aliphatic heterocycles. The molecule has 1 aliphatic rings. The van der Waals surface area contributed by atoms with E-state index in [1.807, 2.05) is 6.07 Å². The van der Waals surface area contributed by atoms with E-state index < -0.39 is 17.8 Å². The normalized spacial score (nSPS) is 13.2. The second kappa shape index (κ2) is 10.2. The summed E-state index contributed by atoms with van der Waals surface area (Å²) in [5.41, 5.74) is 4.95. The number of benzene rings is 3. The second-order valence-corrected chi connectivity index (χ2v) is 9.10. The third kappa shape index (κ3) is 5.33. The van der Waals surface area contributed by atoms with Gasteiger partial charge in [0.25, 0.3) is 5.91 Å². The number of aromatic hydroxyl groups is 2. The zero-order chi connectivity index (χ0) is 25.9. The molecule has 3 aromatic carbocycles. The van der Waals surface area contributed by atoms with Gasteiger partial charge in [-0.1, -0.05) is 12.1 Å². The molecular weight excluding hydrogens is 472 g/mol.